The lowest BCUT2D eigenvalue weighted by molar-refractivity contribution is 0.417. The quantitative estimate of drug-likeness (QED) is 0.754. The zero-order valence-electron chi connectivity index (χ0n) is 7.51. The van der Waals surface area contributed by atoms with Crippen LogP contribution >= 0.6 is 27.3 Å². The molecule has 0 bridgehead atoms. The van der Waals surface area contributed by atoms with Crippen molar-refractivity contribution in [3.63, 3.8) is 0 Å². The largest absolute Gasteiger partial charge is 0.495 e. The van der Waals surface area contributed by atoms with Gasteiger partial charge in [0, 0.05) is 16.8 Å². The Labute approximate surface area is 93.6 Å². The second kappa shape index (κ2) is 3.87. The average molecular weight is 275 g/mol. The number of alkyl halides is 1. The van der Waals surface area contributed by atoms with Gasteiger partial charge in [0.15, 0.2) is 0 Å². The van der Waals surface area contributed by atoms with Crippen LogP contribution < -0.4 is 4.74 Å². The fourth-order valence-corrected chi connectivity index (χ4v) is 3.10. The zero-order chi connectivity index (χ0) is 10.1. The third-order valence-electron chi connectivity index (χ3n) is 2.05. The van der Waals surface area contributed by atoms with Gasteiger partial charge in [-0.3, -0.25) is 0 Å². The van der Waals surface area contributed by atoms with Gasteiger partial charge in [-0.15, -0.1) is 11.3 Å². The standard InChI is InChI=1S/C10H8BrFOS/c1-13-9-3-7(12)2-8-6(4-11)5-14-10(8)9/h2-3,5H,4H2,1H3. The molecule has 0 radical (unpaired) electrons. The van der Waals surface area contributed by atoms with E-state index in [4.69, 9.17) is 4.74 Å². The predicted octanol–water partition coefficient (Wildman–Crippen LogP) is 3.94. The molecule has 0 spiro atoms. The molecule has 1 heterocycles. The molecule has 0 fully saturated rings. The topological polar surface area (TPSA) is 9.23 Å². The number of fused-ring (bicyclic) bond motifs is 1. The van der Waals surface area contributed by atoms with Gasteiger partial charge in [-0.1, -0.05) is 15.9 Å². The van der Waals surface area contributed by atoms with Gasteiger partial charge in [-0.25, -0.2) is 4.39 Å². The van der Waals surface area contributed by atoms with Gasteiger partial charge in [0.2, 0.25) is 0 Å². The summed E-state index contributed by atoms with van der Waals surface area (Å²) in [6, 6.07) is 2.96. The van der Waals surface area contributed by atoms with Crippen LogP contribution in [-0.2, 0) is 5.33 Å². The minimum atomic E-state index is -0.255. The summed E-state index contributed by atoms with van der Waals surface area (Å²) in [5, 5.41) is 3.68. The molecule has 0 aliphatic heterocycles. The van der Waals surface area contributed by atoms with E-state index in [0.29, 0.717) is 5.75 Å². The van der Waals surface area contributed by atoms with Crippen molar-refractivity contribution in [3.05, 3.63) is 28.9 Å². The summed E-state index contributed by atoms with van der Waals surface area (Å²) in [5.41, 5.74) is 1.10. The minimum Gasteiger partial charge on any atom is -0.495 e. The van der Waals surface area contributed by atoms with Crippen molar-refractivity contribution in [2.45, 2.75) is 5.33 Å². The Balaban J connectivity index is 2.76. The molecule has 0 aliphatic rings. The molecule has 0 saturated heterocycles. The highest BCUT2D eigenvalue weighted by molar-refractivity contribution is 9.08. The van der Waals surface area contributed by atoms with Gasteiger partial charge < -0.3 is 4.74 Å². The lowest BCUT2D eigenvalue weighted by Gasteiger charge is -2.02. The Morgan fingerprint density at radius 1 is 1.50 bits per heavy atom. The van der Waals surface area contributed by atoms with E-state index in [1.165, 1.54) is 6.07 Å². The van der Waals surface area contributed by atoms with Gasteiger partial charge in [0.05, 0.1) is 11.8 Å². The highest BCUT2D eigenvalue weighted by atomic mass is 79.9. The maximum Gasteiger partial charge on any atom is 0.139 e. The second-order valence-electron chi connectivity index (χ2n) is 2.88. The first-order chi connectivity index (χ1) is 6.76. The minimum absolute atomic E-state index is 0.255. The van der Waals surface area contributed by atoms with Crippen molar-refractivity contribution in [3.8, 4) is 5.75 Å². The van der Waals surface area contributed by atoms with E-state index in [0.717, 1.165) is 21.0 Å². The fourth-order valence-electron chi connectivity index (χ4n) is 1.38. The van der Waals surface area contributed by atoms with Crippen LogP contribution in [0.15, 0.2) is 17.5 Å². The summed E-state index contributed by atoms with van der Waals surface area (Å²) in [5.74, 6) is 0.354. The maximum atomic E-state index is 13.2. The molecule has 74 valence electrons. The number of benzene rings is 1. The molecule has 1 aromatic heterocycles. The highest BCUT2D eigenvalue weighted by Crippen LogP contribution is 2.35. The Morgan fingerprint density at radius 3 is 2.93 bits per heavy atom. The molecule has 0 aliphatic carbocycles. The van der Waals surface area contributed by atoms with E-state index in [-0.39, 0.29) is 5.82 Å². The van der Waals surface area contributed by atoms with Crippen molar-refractivity contribution >= 4 is 37.4 Å². The van der Waals surface area contributed by atoms with E-state index < -0.39 is 0 Å². The van der Waals surface area contributed by atoms with E-state index in [2.05, 4.69) is 15.9 Å². The fraction of sp³-hybridized carbons (Fsp3) is 0.200. The molecule has 0 saturated carbocycles. The van der Waals surface area contributed by atoms with Gasteiger partial charge in [-0.05, 0) is 17.0 Å². The molecular formula is C10H8BrFOS. The summed E-state index contributed by atoms with van der Waals surface area (Å²) >= 11 is 4.95. The molecule has 0 amide bonds. The molecule has 2 aromatic rings. The number of hydrogen-bond acceptors (Lipinski definition) is 2. The lowest BCUT2D eigenvalue weighted by atomic mass is 10.2. The number of methoxy groups -OCH3 is 1. The average Bonchev–Trinajstić information content (AvgIpc) is 2.59. The van der Waals surface area contributed by atoms with Gasteiger partial charge in [0.1, 0.15) is 11.6 Å². The maximum absolute atomic E-state index is 13.2. The molecule has 1 nitrogen and oxygen atoms in total. The van der Waals surface area contributed by atoms with Crippen LogP contribution in [0, 0.1) is 5.82 Å². The summed E-state index contributed by atoms with van der Waals surface area (Å²) < 4.78 is 19.3. The molecule has 2 rings (SSSR count). The van der Waals surface area contributed by atoms with Crippen molar-refractivity contribution in [1.82, 2.24) is 0 Å². The first-order valence-electron chi connectivity index (χ1n) is 4.06. The Morgan fingerprint density at radius 2 is 2.29 bits per heavy atom. The van der Waals surface area contributed by atoms with Crippen LogP contribution in [0.5, 0.6) is 5.75 Å². The molecule has 0 unspecified atom stereocenters. The first kappa shape index (κ1) is 9.93. The van der Waals surface area contributed by atoms with Crippen molar-refractivity contribution in [2.24, 2.45) is 0 Å². The molecule has 1 aromatic carbocycles. The third kappa shape index (κ3) is 1.53. The van der Waals surface area contributed by atoms with Gasteiger partial charge in [-0.2, -0.15) is 0 Å². The monoisotopic (exact) mass is 274 g/mol. The summed E-state index contributed by atoms with van der Waals surface area (Å²) in [6.07, 6.45) is 0. The SMILES string of the molecule is COc1cc(F)cc2c(CBr)csc12. The van der Waals surface area contributed by atoms with Gasteiger partial charge >= 0.3 is 0 Å². The van der Waals surface area contributed by atoms with Crippen LogP contribution in [0.3, 0.4) is 0 Å². The predicted molar refractivity (Wildman–Crippen MR) is 61.0 cm³/mol. The molecule has 0 N–H and O–H groups in total. The Hall–Kier alpha value is -0.610. The van der Waals surface area contributed by atoms with Crippen molar-refractivity contribution in [2.75, 3.05) is 7.11 Å². The number of halogens is 2. The zero-order valence-corrected chi connectivity index (χ0v) is 9.91. The molecular weight excluding hydrogens is 267 g/mol. The van der Waals surface area contributed by atoms with E-state index in [9.17, 15) is 4.39 Å². The van der Waals surface area contributed by atoms with Crippen molar-refractivity contribution in [1.29, 1.82) is 0 Å². The van der Waals surface area contributed by atoms with Crippen LogP contribution in [0.4, 0.5) is 4.39 Å². The molecule has 0 atom stereocenters. The van der Waals surface area contributed by atoms with Crippen LogP contribution in [0.25, 0.3) is 10.1 Å². The Kier molecular flexibility index (Phi) is 2.74. The summed E-state index contributed by atoms with van der Waals surface area (Å²) in [7, 11) is 1.56. The highest BCUT2D eigenvalue weighted by Gasteiger charge is 2.09. The second-order valence-corrected chi connectivity index (χ2v) is 4.32. The number of rotatable bonds is 2. The van der Waals surface area contributed by atoms with Gasteiger partial charge in [0.25, 0.3) is 0 Å². The lowest BCUT2D eigenvalue weighted by Crippen LogP contribution is -1.85. The van der Waals surface area contributed by atoms with E-state index in [1.54, 1.807) is 24.5 Å². The smallest absolute Gasteiger partial charge is 0.139 e. The van der Waals surface area contributed by atoms with Crippen LogP contribution in [0.1, 0.15) is 5.56 Å². The Bertz CT molecular complexity index is 466. The third-order valence-corrected chi connectivity index (χ3v) is 3.71. The van der Waals surface area contributed by atoms with Crippen molar-refractivity contribution < 1.29 is 9.13 Å². The number of thiophene rings is 1. The molecule has 4 heteroatoms. The number of hydrogen-bond donors (Lipinski definition) is 0. The first-order valence-corrected chi connectivity index (χ1v) is 6.06. The van der Waals surface area contributed by atoms with E-state index in [1.807, 2.05) is 5.38 Å². The summed E-state index contributed by atoms with van der Waals surface area (Å²) in [6.45, 7) is 0. The molecule has 14 heavy (non-hydrogen) atoms. The van der Waals surface area contributed by atoms with E-state index >= 15 is 0 Å². The van der Waals surface area contributed by atoms with Crippen LogP contribution in [-0.4, -0.2) is 7.11 Å². The van der Waals surface area contributed by atoms with Crippen LogP contribution in [0.2, 0.25) is 0 Å². The normalized spacial score (nSPS) is 10.8. The number of ether oxygens (including phenoxy) is 1. The summed E-state index contributed by atoms with van der Waals surface area (Å²) in [4.78, 5) is 0.